The van der Waals surface area contributed by atoms with Crippen LogP contribution < -0.4 is 9.62 Å². The molecule has 38 heavy (non-hydrogen) atoms. The van der Waals surface area contributed by atoms with Gasteiger partial charge in [-0.2, -0.15) is 0 Å². The fourth-order valence-corrected chi connectivity index (χ4v) is 7.55. The molecule has 3 aliphatic rings. The van der Waals surface area contributed by atoms with Gasteiger partial charge >= 0.3 is 0 Å². The van der Waals surface area contributed by atoms with Crippen LogP contribution in [0, 0.1) is 0 Å². The van der Waals surface area contributed by atoms with Gasteiger partial charge in [0, 0.05) is 25.7 Å². The molecule has 3 aromatic heterocycles. The van der Waals surface area contributed by atoms with Crippen LogP contribution in [0.15, 0.2) is 23.4 Å². The molecule has 0 aliphatic carbocycles. The molecule has 3 fully saturated rings. The molecule has 0 radical (unpaired) electrons. The van der Waals surface area contributed by atoms with E-state index in [1.807, 2.05) is 6.92 Å². The van der Waals surface area contributed by atoms with E-state index in [1.165, 1.54) is 6.07 Å². The predicted molar refractivity (Wildman–Crippen MR) is 136 cm³/mol. The molecule has 1 N–H and O–H groups in total. The summed E-state index contributed by atoms with van der Waals surface area (Å²) >= 11 is 0.740. The molecule has 2 unspecified atom stereocenters. The maximum absolute atomic E-state index is 13.7. The number of imidazole rings is 1. The van der Waals surface area contributed by atoms with Gasteiger partial charge in [0.05, 0.1) is 47.9 Å². The number of anilines is 1. The maximum Gasteiger partial charge on any atom is 0.291 e. The number of hydrogen-bond donors (Lipinski definition) is 1. The summed E-state index contributed by atoms with van der Waals surface area (Å²) in [4.78, 5) is 9.07. The lowest BCUT2D eigenvalue weighted by atomic mass is 9.93. The minimum atomic E-state index is -3.97. The first kappa shape index (κ1) is 26.0. The van der Waals surface area contributed by atoms with E-state index in [1.54, 1.807) is 23.7 Å². The van der Waals surface area contributed by atoms with Gasteiger partial charge in [0.15, 0.2) is 10.0 Å². The SMILES string of the molecule is CC1OCC1(C)NS(=O)(=O)c1cc(N2C[C@@H]3COCCN3[C@@H](C)C2)n2cnc(-c3nnc(C(F)F)s3)c2c1. The van der Waals surface area contributed by atoms with Crippen molar-refractivity contribution in [1.29, 1.82) is 0 Å². The Hall–Kier alpha value is -2.30. The molecule has 6 heterocycles. The van der Waals surface area contributed by atoms with E-state index in [0.29, 0.717) is 43.3 Å². The number of aromatic nitrogens is 4. The molecule has 11 nitrogen and oxygen atoms in total. The molecular weight excluding hydrogens is 540 g/mol. The van der Waals surface area contributed by atoms with Gasteiger partial charge in [0.1, 0.15) is 17.8 Å². The molecule has 6 rings (SSSR count). The average molecular weight is 570 g/mol. The molecule has 0 bridgehead atoms. The van der Waals surface area contributed by atoms with Crippen molar-refractivity contribution in [3.8, 4) is 10.7 Å². The molecule has 3 aliphatic heterocycles. The monoisotopic (exact) mass is 569 g/mol. The van der Waals surface area contributed by atoms with Gasteiger partial charge in [0.25, 0.3) is 6.43 Å². The van der Waals surface area contributed by atoms with Crippen LogP contribution in [-0.4, -0.2) is 96.1 Å². The van der Waals surface area contributed by atoms with Crippen LogP contribution in [0.4, 0.5) is 14.6 Å². The van der Waals surface area contributed by atoms with Crippen molar-refractivity contribution in [3.63, 3.8) is 0 Å². The van der Waals surface area contributed by atoms with Crippen molar-refractivity contribution in [3.05, 3.63) is 23.5 Å². The van der Waals surface area contributed by atoms with Crippen molar-refractivity contribution in [1.82, 2.24) is 29.2 Å². The Morgan fingerprint density at radius 2 is 2.05 bits per heavy atom. The Kier molecular flexibility index (Phi) is 6.43. The van der Waals surface area contributed by atoms with Crippen LogP contribution in [0.5, 0.6) is 0 Å². The third-order valence-corrected chi connectivity index (χ3v) is 10.2. The minimum Gasteiger partial charge on any atom is -0.378 e. The lowest BCUT2D eigenvalue weighted by molar-refractivity contribution is -0.120. The van der Waals surface area contributed by atoms with Gasteiger partial charge in [0.2, 0.25) is 10.0 Å². The maximum atomic E-state index is 13.7. The second-order valence-electron chi connectivity index (χ2n) is 10.3. The van der Waals surface area contributed by atoms with E-state index in [0.717, 1.165) is 17.9 Å². The van der Waals surface area contributed by atoms with Crippen molar-refractivity contribution in [2.24, 2.45) is 0 Å². The van der Waals surface area contributed by atoms with Gasteiger partial charge in [-0.05, 0) is 32.9 Å². The van der Waals surface area contributed by atoms with Gasteiger partial charge in [-0.3, -0.25) is 9.30 Å². The highest BCUT2D eigenvalue weighted by molar-refractivity contribution is 7.89. The lowest BCUT2D eigenvalue weighted by Crippen LogP contribution is -2.65. The van der Waals surface area contributed by atoms with E-state index in [-0.39, 0.29) is 34.7 Å². The number of alkyl halides is 2. The standard InChI is InChI=1S/C23H29F2N7O4S2/c1-13-8-30(9-15-10-35-5-4-31(13)15)18-7-16(38(33,34)29-23(3)11-36-14(23)2)6-17-19(26-12-32(17)18)21-27-28-22(37-21)20(24)25/h6-7,12-15,20,29H,4-5,8-11H2,1-3H3/t13-,14?,15+,23?/m0/s1. The zero-order valence-corrected chi connectivity index (χ0v) is 22.8. The molecule has 0 aromatic carbocycles. The highest BCUT2D eigenvalue weighted by Gasteiger charge is 2.45. The number of pyridine rings is 1. The number of halogens is 2. The summed E-state index contributed by atoms with van der Waals surface area (Å²) in [6, 6.07) is 3.53. The second kappa shape index (κ2) is 9.41. The third kappa shape index (κ3) is 4.38. The first-order valence-corrected chi connectivity index (χ1v) is 14.7. The van der Waals surface area contributed by atoms with Gasteiger partial charge in [-0.1, -0.05) is 11.3 Å². The highest BCUT2D eigenvalue weighted by Crippen LogP contribution is 2.35. The summed E-state index contributed by atoms with van der Waals surface area (Å²) in [5, 5.41) is 7.29. The number of nitrogens with zero attached hydrogens (tertiary/aromatic N) is 6. The van der Waals surface area contributed by atoms with Crippen LogP contribution in [0.2, 0.25) is 0 Å². The Balaban J connectivity index is 1.46. The summed E-state index contributed by atoms with van der Waals surface area (Å²) in [7, 11) is -3.97. The van der Waals surface area contributed by atoms with Crippen molar-refractivity contribution >= 4 is 32.7 Å². The van der Waals surface area contributed by atoms with Crippen molar-refractivity contribution in [2.75, 3.05) is 44.4 Å². The molecular formula is C23H29F2N7O4S2. The zero-order valence-electron chi connectivity index (χ0n) is 21.2. The van der Waals surface area contributed by atoms with E-state index in [9.17, 15) is 17.2 Å². The summed E-state index contributed by atoms with van der Waals surface area (Å²) in [5.74, 6) is 0.639. The number of rotatable bonds is 6. The largest absolute Gasteiger partial charge is 0.378 e. The van der Waals surface area contributed by atoms with E-state index in [2.05, 4.69) is 36.6 Å². The Morgan fingerprint density at radius 3 is 2.74 bits per heavy atom. The summed E-state index contributed by atoms with van der Waals surface area (Å²) in [6.45, 7) is 9.49. The molecule has 3 saturated heterocycles. The fraction of sp³-hybridized carbons (Fsp3) is 0.609. The fourth-order valence-electron chi connectivity index (χ4n) is 5.36. The molecule has 3 aromatic rings. The smallest absolute Gasteiger partial charge is 0.291 e. The van der Waals surface area contributed by atoms with Crippen LogP contribution >= 0.6 is 11.3 Å². The predicted octanol–water partition coefficient (Wildman–Crippen LogP) is 2.16. The van der Waals surface area contributed by atoms with Crippen LogP contribution in [-0.2, 0) is 19.5 Å². The second-order valence-corrected chi connectivity index (χ2v) is 13.0. The van der Waals surface area contributed by atoms with E-state index in [4.69, 9.17) is 9.47 Å². The number of hydrogen-bond acceptors (Lipinski definition) is 10. The summed E-state index contributed by atoms with van der Waals surface area (Å²) in [6.07, 6.45) is -1.46. The Morgan fingerprint density at radius 1 is 1.24 bits per heavy atom. The quantitative estimate of drug-likeness (QED) is 0.477. The zero-order chi connectivity index (χ0) is 26.8. The first-order chi connectivity index (χ1) is 18.1. The molecule has 15 heteroatoms. The molecule has 0 saturated carbocycles. The average Bonchev–Trinajstić information content (AvgIpc) is 3.54. The normalized spacial score (nSPS) is 28.6. The molecule has 0 amide bonds. The molecule has 0 spiro atoms. The van der Waals surface area contributed by atoms with Crippen LogP contribution in [0.3, 0.4) is 0 Å². The highest BCUT2D eigenvalue weighted by atomic mass is 32.2. The van der Waals surface area contributed by atoms with E-state index < -0.39 is 27.0 Å². The van der Waals surface area contributed by atoms with Gasteiger partial charge in [-0.25, -0.2) is 26.9 Å². The number of sulfonamides is 1. The molecule has 206 valence electrons. The summed E-state index contributed by atoms with van der Waals surface area (Å²) in [5.41, 5.74) is 0.00364. The summed E-state index contributed by atoms with van der Waals surface area (Å²) < 4.78 is 69.5. The van der Waals surface area contributed by atoms with E-state index >= 15 is 0 Å². The topological polar surface area (TPSA) is 114 Å². The van der Waals surface area contributed by atoms with Crippen LogP contribution in [0.25, 0.3) is 16.2 Å². The van der Waals surface area contributed by atoms with Crippen molar-refractivity contribution in [2.45, 2.75) is 55.8 Å². The van der Waals surface area contributed by atoms with Gasteiger partial charge in [-0.15, -0.1) is 10.2 Å². The Labute approximate surface area is 222 Å². The number of ether oxygens (including phenoxy) is 2. The third-order valence-electron chi connectivity index (χ3n) is 7.72. The number of piperazine rings is 1. The van der Waals surface area contributed by atoms with Crippen LogP contribution in [0.1, 0.15) is 32.2 Å². The Bertz CT molecular complexity index is 1470. The first-order valence-electron chi connectivity index (χ1n) is 12.4. The van der Waals surface area contributed by atoms with Crippen molar-refractivity contribution < 1.29 is 26.7 Å². The lowest BCUT2D eigenvalue weighted by Gasteiger charge is -2.48. The molecule has 4 atom stereocenters. The number of morpholine rings is 1. The van der Waals surface area contributed by atoms with Gasteiger partial charge < -0.3 is 14.4 Å². The minimum absolute atomic E-state index is 0.0515. The number of fused-ring (bicyclic) bond motifs is 2. The number of nitrogens with one attached hydrogen (secondary N) is 1.